The minimum absolute atomic E-state index is 0. The van der Waals surface area contributed by atoms with Gasteiger partial charge in [-0.2, -0.15) is 0 Å². The molecule has 0 unspecified atom stereocenters. The first kappa shape index (κ1) is 14.7. The molecule has 0 aromatic carbocycles. The maximum Gasteiger partial charge on any atom is 0.0434 e. The standard InChI is InChI=1S/C13H18N2.2ClH/c14-13(6-1-7-13)8-10-2-5-12(15-9-10)11-3-4-11;;/h2,5,9,11H,1,3-4,6-8,14H2;2*1H. The van der Waals surface area contributed by atoms with E-state index in [0.717, 1.165) is 12.3 Å². The SMILES string of the molecule is Cl.Cl.NC1(Cc2ccc(C3CC3)nc2)CCC1. The second-order valence-corrected chi connectivity index (χ2v) is 5.26. The first-order valence-corrected chi connectivity index (χ1v) is 5.99. The zero-order valence-electron chi connectivity index (χ0n) is 9.89. The second kappa shape index (κ2) is 5.55. The molecule has 0 aliphatic heterocycles. The predicted octanol–water partition coefficient (Wildman–Crippen LogP) is 3.23. The van der Waals surface area contributed by atoms with E-state index in [-0.39, 0.29) is 30.4 Å². The normalized spacial score (nSPS) is 20.8. The third-order valence-corrected chi connectivity index (χ3v) is 3.75. The lowest BCUT2D eigenvalue weighted by atomic mass is 9.74. The van der Waals surface area contributed by atoms with Crippen molar-refractivity contribution < 1.29 is 0 Å². The van der Waals surface area contributed by atoms with Gasteiger partial charge in [-0.3, -0.25) is 4.98 Å². The molecular formula is C13H20Cl2N2. The highest BCUT2D eigenvalue weighted by atomic mass is 35.5. The van der Waals surface area contributed by atoms with Gasteiger partial charge in [0, 0.05) is 23.3 Å². The van der Waals surface area contributed by atoms with Crippen molar-refractivity contribution in [2.45, 2.75) is 50.0 Å². The quantitative estimate of drug-likeness (QED) is 0.919. The molecule has 0 spiro atoms. The summed E-state index contributed by atoms with van der Waals surface area (Å²) in [6.45, 7) is 0. The van der Waals surface area contributed by atoms with Crippen LogP contribution in [0.3, 0.4) is 0 Å². The van der Waals surface area contributed by atoms with Gasteiger partial charge in [0.25, 0.3) is 0 Å². The Bertz CT molecular complexity index is 356. The summed E-state index contributed by atoms with van der Waals surface area (Å²) in [5, 5.41) is 0. The highest BCUT2D eigenvalue weighted by Crippen LogP contribution is 2.39. The zero-order chi connectivity index (χ0) is 10.3. The van der Waals surface area contributed by atoms with E-state index < -0.39 is 0 Å². The molecule has 0 saturated heterocycles. The van der Waals surface area contributed by atoms with E-state index in [1.807, 2.05) is 6.20 Å². The van der Waals surface area contributed by atoms with Gasteiger partial charge in [-0.1, -0.05) is 6.07 Å². The third kappa shape index (κ3) is 3.34. The van der Waals surface area contributed by atoms with Crippen molar-refractivity contribution in [3.05, 3.63) is 29.6 Å². The smallest absolute Gasteiger partial charge is 0.0434 e. The predicted molar refractivity (Wildman–Crippen MR) is 75.2 cm³/mol. The van der Waals surface area contributed by atoms with Crippen LogP contribution >= 0.6 is 24.8 Å². The lowest BCUT2D eigenvalue weighted by molar-refractivity contribution is 0.247. The Hall–Kier alpha value is -0.310. The van der Waals surface area contributed by atoms with Crippen molar-refractivity contribution in [2.24, 2.45) is 5.73 Å². The lowest BCUT2D eigenvalue weighted by Crippen LogP contribution is -2.48. The molecule has 0 atom stereocenters. The van der Waals surface area contributed by atoms with E-state index in [0.29, 0.717) is 0 Å². The van der Waals surface area contributed by atoms with Crippen LogP contribution in [0.15, 0.2) is 18.3 Å². The van der Waals surface area contributed by atoms with E-state index in [4.69, 9.17) is 5.73 Å². The van der Waals surface area contributed by atoms with E-state index in [1.54, 1.807) is 0 Å². The fourth-order valence-corrected chi connectivity index (χ4v) is 2.38. The van der Waals surface area contributed by atoms with Crippen molar-refractivity contribution in [1.82, 2.24) is 4.98 Å². The largest absolute Gasteiger partial charge is 0.325 e. The fourth-order valence-electron chi connectivity index (χ4n) is 2.38. The van der Waals surface area contributed by atoms with Crippen LogP contribution in [0, 0.1) is 0 Å². The van der Waals surface area contributed by atoms with Crippen molar-refractivity contribution in [2.75, 3.05) is 0 Å². The molecule has 2 aliphatic carbocycles. The van der Waals surface area contributed by atoms with Crippen LogP contribution in [0.25, 0.3) is 0 Å². The van der Waals surface area contributed by atoms with Crippen LogP contribution < -0.4 is 5.73 Å². The molecule has 0 bridgehead atoms. The molecule has 2 nitrogen and oxygen atoms in total. The summed E-state index contributed by atoms with van der Waals surface area (Å²) in [5.74, 6) is 0.759. The van der Waals surface area contributed by atoms with Gasteiger partial charge >= 0.3 is 0 Å². The van der Waals surface area contributed by atoms with Gasteiger partial charge in [0.05, 0.1) is 0 Å². The maximum absolute atomic E-state index is 6.22. The zero-order valence-corrected chi connectivity index (χ0v) is 11.5. The highest BCUT2D eigenvalue weighted by molar-refractivity contribution is 5.85. The number of hydrogen-bond donors (Lipinski definition) is 1. The minimum atomic E-state index is 0. The number of hydrogen-bond acceptors (Lipinski definition) is 2. The van der Waals surface area contributed by atoms with E-state index in [9.17, 15) is 0 Å². The number of rotatable bonds is 3. The van der Waals surface area contributed by atoms with Crippen molar-refractivity contribution in [1.29, 1.82) is 0 Å². The molecule has 96 valence electrons. The maximum atomic E-state index is 6.22. The van der Waals surface area contributed by atoms with Crippen molar-refractivity contribution in [3.63, 3.8) is 0 Å². The lowest BCUT2D eigenvalue weighted by Gasteiger charge is -2.38. The molecule has 17 heavy (non-hydrogen) atoms. The fraction of sp³-hybridized carbons (Fsp3) is 0.615. The number of halogens is 2. The minimum Gasteiger partial charge on any atom is -0.325 e. The Morgan fingerprint density at radius 2 is 1.94 bits per heavy atom. The number of nitrogens with zero attached hydrogens (tertiary/aromatic N) is 1. The molecule has 2 fully saturated rings. The molecule has 2 aliphatic rings. The molecule has 3 rings (SSSR count). The highest BCUT2D eigenvalue weighted by Gasteiger charge is 2.32. The monoisotopic (exact) mass is 274 g/mol. The van der Waals surface area contributed by atoms with E-state index in [1.165, 1.54) is 43.4 Å². The van der Waals surface area contributed by atoms with Crippen LogP contribution in [0.5, 0.6) is 0 Å². The number of pyridine rings is 1. The Morgan fingerprint density at radius 3 is 2.35 bits per heavy atom. The van der Waals surface area contributed by atoms with Crippen molar-refractivity contribution >= 4 is 24.8 Å². The molecule has 2 N–H and O–H groups in total. The van der Waals surface area contributed by atoms with Crippen LogP contribution in [-0.2, 0) is 6.42 Å². The summed E-state index contributed by atoms with van der Waals surface area (Å²) in [7, 11) is 0. The first-order valence-electron chi connectivity index (χ1n) is 5.99. The van der Waals surface area contributed by atoms with Gasteiger partial charge in [0.2, 0.25) is 0 Å². The summed E-state index contributed by atoms with van der Waals surface area (Å²) in [5.41, 5.74) is 8.89. The molecule has 0 amide bonds. The van der Waals surface area contributed by atoms with Crippen LogP contribution in [0.1, 0.15) is 49.3 Å². The molecule has 1 aromatic rings. The van der Waals surface area contributed by atoms with Gasteiger partial charge in [-0.25, -0.2) is 0 Å². The van der Waals surface area contributed by atoms with Gasteiger partial charge < -0.3 is 5.73 Å². The summed E-state index contributed by atoms with van der Waals surface area (Å²) < 4.78 is 0. The van der Waals surface area contributed by atoms with Gasteiger partial charge in [-0.05, 0) is 50.2 Å². The van der Waals surface area contributed by atoms with Gasteiger partial charge in [0.1, 0.15) is 0 Å². The topological polar surface area (TPSA) is 38.9 Å². The number of aromatic nitrogens is 1. The summed E-state index contributed by atoms with van der Waals surface area (Å²) in [6.07, 6.45) is 9.34. The van der Waals surface area contributed by atoms with Crippen molar-refractivity contribution in [3.8, 4) is 0 Å². The molecule has 1 heterocycles. The Labute approximate surface area is 115 Å². The van der Waals surface area contributed by atoms with E-state index >= 15 is 0 Å². The van der Waals surface area contributed by atoms with Crippen LogP contribution in [0.4, 0.5) is 0 Å². The van der Waals surface area contributed by atoms with Gasteiger partial charge in [-0.15, -0.1) is 24.8 Å². The molecule has 0 radical (unpaired) electrons. The second-order valence-electron chi connectivity index (χ2n) is 5.26. The summed E-state index contributed by atoms with van der Waals surface area (Å²) >= 11 is 0. The molecule has 4 heteroatoms. The average molecular weight is 275 g/mol. The third-order valence-electron chi connectivity index (χ3n) is 3.75. The Morgan fingerprint density at radius 1 is 1.24 bits per heavy atom. The first-order chi connectivity index (χ1) is 7.25. The molecule has 1 aromatic heterocycles. The average Bonchev–Trinajstić information content (AvgIpc) is 3.00. The molecular weight excluding hydrogens is 255 g/mol. The Balaban J connectivity index is 0.000000722. The summed E-state index contributed by atoms with van der Waals surface area (Å²) in [6, 6.07) is 4.41. The summed E-state index contributed by atoms with van der Waals surface area (Å²) in [4.78, 5) is 4.53. The van der Waals surface area contributed by atoms with Gasteiger partial charge in [0.15, 0.2) is 0 Å². The molecule has 2 saturated carbocycles. The number of nitrogens with two attached hydrogens (primary N) is 1. The van der Waals surface area contributed by atoms with Crippen LogP contribution in [0.2, 0.25) is 0 Å². The Kier molecular flexibility index (Phi) is 4.82. The van der Waals surface area contributed by atoms with E-state index in [2.05, 4.69) is 17.1 Å². The van der Waals surface area contributed by atoms with Crippen LogP contribution in [-0.4, -0.2) is 10.5 Å².